The molecule has 0 fully saturated rings. The van der Waals surface area contributed by atoms with Gasteiger partial charge in [-0.1, -0.05) is 0 Å². The molecule has 5 rings (SSSR count). The molecule has 0 bridgehead atoms. The highest BCUT2D eigenvalue weighted by molar-refractivity contribution is 5.77. The summed E-state index contributed by atoms with van der Waals surface area (Å²) in [6.07, 6.45) is -0.0929. The van der Waals surface area contributed by atoms with E-state index in [0.717, 1.165) is 17.8 Å². The molecule has 0 saturated heterocycles. The van der Waals surface area contributed by atoms with E-state index in [4.69, 9.17) is 4.74 Å². The van der Waals surface area contributed by atoms with Gasteiger partial charge in [0.15, 0.2) is 5.65 Å². The highest BCUT2D eigenvalue weighted by Gasteiger charge is 2.32. The van der Waals surface area contributed by atoms with Crippen molar-refractivity contribution in [3.63, 3.8) is 0 Å². The van der Waals surface area contributed by atoms with Gasteiger partial charge < -0.3 is 10.1 Å². The first-order valence-corrected chi connectivity index (χ1v) is 9.31. The van der Waals surface area contributed by atoms with Crippen LogP contribution in [-0.4, -0.2) is 31.2 Å². The highest BCUT2D eigenvalue weighted by atomic mass is 19.4. The number of hydrogen-bond acceptors (Lipinski definition) is 6. The first kappa shape index (κ1) is 19.2. The fourth-order valence-corrected chi connectivity index (χ4v) is 3.58. The van der Waals surface area contributed by atoms with Gasteiger partial charge in [0.2, 0.25) is 5.95 Å². The number of ether oxygens (including phenoxy) is 1. The van der Waals surface area contributed by atoms with E-state index in [-0.39, 0.29) is 17.9 Å². The summed E-state index contributed by atoms with van der Waals surface area (Å²) >= 11 is 0. The maximum atomic E-state index is 14.4. The van der Waals surface area contributed by atoms with Crippen molar-refractivity contribution in [3.05, 3.63) is 65.6 Å². The molecule has 0 radical (unpaired) electrons. The van der Waals surface area contributed by atoms with Crippen molar-refractivity contribution in [1.82, 2.24) is 24.6 Å². The third-order valence-corrected chi connectivity index (χ3v) is 5.06. The average Bonchev–Trinajstić information content (AvgIpc) is 3.42. The number of nitrogens with zero attached hydrogens (tertiary/aromatic N) is 5. The predicted octanol–water partition coefficient (Wildman–Crippen LogP) is 3.89. The molecule has 0 aliphatic carbocycles. The molecular weight excluding hydrogens is 416 g/mol. The number of halogens is 4. The molecule has 7 nitrogen and oxygen atoms in total. The van der Waals surface area contributed by atoms with Crippen LogP contribution in [0.5, 0.6) is 5.75 Å². The van der Waals surface area contributed by atoms with Gasteiger partial charge in [-0.15, -0.1) is 10.2 Å². The van der Waals surface area contributed by atoms with E-state index in [2.05, 4.69) is 25.5 Å². The van der Waals surface area contributed by atoms with Crippen molar-refractivity contribution in [2.45, 2.75) is 19.1 Å². The van der Waals surface area contributed by atoms with Crippen molar-refractivity contribution in [2.24, 2.45) is 0 Å². The van der Waals surface area contributed by atoms with Gasteiger partial charge in [-0.2, -0.15) is 13.2 Å². The molecule has 158 valence electrons. The number of fused-ring (bicyclic) bond motifs is 2. The molecule has 1 aliphatic heterocycles. The van der Waals surface area contributed by atoms with Gasteiger partial charge in [0.25, 0.3) is 0 Å². The van der Waals surface area contributed by atoms with E-state index in [1.54, 1.807) is 6.07 Å². The van der Waals surface area contributed by atoms with Crippen LogP contribution < -0.4 is 10.1 Å². The van der Waals surface area contributed by atoms with Gasteiger partial charge in [0, 0.05) is 42.0 Å². The summed E-state index contributed by atoms with van der Waals surface area (Å²) < 4.78 is 60.4. The Morgan fingerprint density at radius 1 is 1.16 bits per heavy atom. The summed E-state index contributed by atoms with van der Waals surface area (Å²) in [4.78, 5) is 7.68. The van der Waals surface area contributed by atoms with Gasteiger partial charge in [-0.25, -0.2) is 9.37 Å². The molecule has 0 spiro atoms. The molecule has 0 saturated carbocycles. The molecule has 3 aromatic heterocycles. The summed E-state index contributed by atoms with van der Waals surface area (Å²) in [6, 6.07) is 5.34. The fourth-order valence-electron chi connectivity index (χ4n) is 3.58. The maximum absolute atomic E-state index is 14.4. The molecule has 0 atom stereocenters. The molecule has 0 unspecified atom stereocenters. The topological polar surface area (TPSA) is 77.2 Å². The lowest BCUT2D eigenvalue weighted by atomic mass is 10.0. The van der Waals surface area contributed by atoms with E-state index in [1.165, 1.54) is 29.1 Å². The van der Waals surface area contributed by atoms with E-state index < -0.39 is 11.9 Å². The van der Waals surface area contributed by atoms with Crippen molar-refractivity contribution < 1.29 is 22.3 Å². The van der Waals surface area contributed by atoms with Crippen LogP contribution in [0.1, 0.15) is 16.8 Å². The number of pyridine rings is 1. The maximum Gasteiger partial charge on any atom is 0.433 e. The van der Waals surface area contributed by atoms with E-state index in [9.17, 15) is 17.6 Å². The Morgan fingerprint density at radius 3 is 2.87 bits per heavy atom. The zero-order valence-corrected chi connectivity index (χ0v) is 15.8. The summed E-state index contributed by atoms with van der Waals surface area (Å²) in [7, 11) is 0. The second-order valence-electron chi connectivity index (χ2n) is 6.90. The second-order valence-corrected chi connectivity index (χ2v) is 6.90. The van der Waals surface area contributed by atoms with Crippen LogP contribution in [-0.2, 0) is 19.1 Å². The summed E-state index contributed by atoms with van der Waals surface area (Å²) in [5.74, 6) is 0.628. The van der Waals surface area contributed by atoms with Gasteiger partial charge in [0.05, 0.1) is 6.61 Å². The van der Waals surface area contributed by atoms with Crippen LogP contribution in [0.4, 0.5) is 23.5 Å². The van der Waals surface area contributed by atoms with E-state index in [1.807, 2.05) is 0 Å². The molecule has 4 aromatic rings. The minimum absolute atomic E-state index is 0.144. The zero-order chi connectivity index (χ0) is 21.6. The van der Waals surface area contributed by atoms with Gasteiger partial charge >= 0.3 is 6.18 Å². The SMILES string of the molecule is Fc1ccc2c(c1CNc1ncc(-c3ccnc(C(F)(F)F)c3)c3nncn13)CCO2. The minimum Gasteiger partial charge on any atom is -0.493 e. The smallest absolute Gasteiger partial charge is 0.433 e. The van der Waals surface area contributed by atoms with Gasteiger partial charge in [-0.05, 0) is 29.8 Å². The number of anilines is 1. The number of benzene rings is 1. The van der Waals surface area contributed by atoms with Crippen LogP contribution in [0.25, 0.3) is 16.8 Å². The number of nitrogens with one attached hydrogen (secondary N) is 1. The molecular formula is C20H14F4N6O. The van der Waals surface area contributed by atoms with Crippen molar-refractivity contribution in [3.8, 4) is 16.9 Å². The van der Waals surface area contributed by atoms with E-state index >= 15 is 0 Å². The average molecular weight is 430 g/mol. The third-order valence-electron chi connectivity index (χ3n) is 5.06. The molecule has 1 N–H and O–H groups in total. The Bertz CT molecular complexity index is 1290. The number of hydrogen-bond donors (Lipinski definition) is 1. The lowest BCUT2D eigenvalue weighted by Crippen LogP contribution is -2.10. The third kappa shape index (κ3) is 3.41. The Hall–Kier alpha value is -3.76. The first-order chi connectivity index (χ1) is 14.9. The zero-order valence-electron chi connectivity index (χ0n) is 15.8. The van der Waals surface area contributed by atoms with Crippen molar-refractivity contribution in [2.75, 3.05) is 11.9 Å². The summed E-state index contributed by atoms with van der Waals surface area (Å²) in [6.45, 7) is 0.645. The second kappa shape index (κ2) is 7.18. The standard InChI is InChI=1S/C20H14F4N6O/c21-15-1-2-16-12(4-6-31-16)14(15)9-27-19-26-8-13(18-29-28-10-30(18)19)11-3-5-25-17(7-11)20(22,23)24/h1-3,5,7-8,10H,4,6,9H2,(H,26,27). The van der Waals surface area contributed by atoms with Gasteiger partial charge in [-0.3, -0.25) is 9.38 Å². The minimum atomic E-state index is -4.57. The molecule has 31 heavy (non-hydrogen) atoms. The van der Waals surface area contributed by atoms with Crippen LogP contribution in [0.3, 0.4) is 0 Å². The lowest BCUT2D eigenvalue weighted by Gasteiger charge is -2.13. The Morgan fingerprint density at radius 2 is 2.03 bits per heavy atom. The van der Waals surface area contributed by atoms with Crippen molar-refractivity contribution in [1.29, 1.82) is 0 Å². The van der Waals surface area contributed by atoms with Crippen molar-refractivity contribution >= 4 is 11.6 Å². The Kier molecular flexibility index (Phi) is 4.45. The molecule has 1 aromatic carbocycles. The first-order valence-electron chi connectivity index (χ1n) is 9.31. The van der Waals surface area contributed by atoms with Crippen LogP contribution in [0, 0.1) is 5.82 Å². The quantitative estimate of drug-likeness (QED) is 0.495. The Balaban J connectivity index is 1.49. The fraction of sp³-hybridized carbons (Fsp3) is 0.200. The van der Waals surface area contributed by atoms with Crippen LogP contribution in [0.15, 0.2) is 43.0 Å². The number of alkyl halides is 3. The number of aromatic nitrogens is 5. The Labute approximate surface area is 172 Å². The highest BCUT2D eigenvalue weighted by Crippen LogP contribution is 2.33. The lowest BCUT2D eigenvalue weighted by molar-refractivity contribution is -0.141. The summed E-state index contributed by atoms with van der Waals surface area (Å²) in [5, 5.41) is 10.9. The molecule has 11 heteroatoms. The predicted molar refractivity (Wildman–Crippen MR) is 102 cm³/mol. The largest absolute Gasteiger partial charge is 0.493 e. The molecule has 1 aliphatic rings. The molecule has 4 heterocycles. The monoisotopic (exact) mass is 430 g/mol. The van der Waals surface area contributed by atoms with Gasteiger partial charge in [0.1, 0.15) is 23.6 Å². The van der Waals surface area contributed by atoms with Crippen LogP contribution in [0.2, 0.25) is 0 Å². The van der Waals surface area contributed by atoms with E-state index in [0.29, 0.717) is 41.5 Å². The van der Waals surface area contributed by atoms with Crippen LogP contribution >= 0.6 is 0 Å². The molecule has 0 amide bonds. The normalized spacial score (nSPS) is 13.3. The number of rotatable bonds is 4. The summed E-state index contributed by atoms with van der Waals surface area (Å²) in [5.41, 5.74) is 1.19.